The lowest BCUT2D eigenvalue weighted by atomic mass is 10.1. The molecule has 3 aromatic carbocycles. The average molecular weight is 630 g/mol. The summed E-state index contributed by atoms with van der Waals surface area (Å²) in [5.74, 6) is -0.365. The second kappa shape index (κ2) is 10.4. The third-order valence-corrected chi connectivity index (χ3v) is 7.55. The summed E-state index contributed by atoms with van der Waals surface area (Å²) in [6.07, 6.45) is 5.34. The molecule has 6 rings (SSSR count). The predicted molar refractivity (Wildman–Crippen MR) is 155 cm³/mol. The molecule has 5 aromatic rings. The number of amides is 2. The second-order valence-corrected chi connectivity index (χ2v) is 10.7. The number of aromatic nitrogens is 5. The van der Waals surface area contributed by atoms with E-state index in [1.165, 1.54) is 4.90 Å². The van der Waals surface area contributed by atoms with Gasteiger partial charge in [0.25, 0.3) is 11.1 Å². The van der Waals surface area contributed by atoms with Gasteiger partial charge in [-0.15, -0.1) is 5.10 Å². The van der Waals surface area contributed by atoms with Gasteiger partial charge < -0.3 is 0 Å². The Morgan fingerprint density at radius 3 is 2.24 bits per heavy atom. The van der Waals surface area contributed by atoms with E-state index in [4.69, 9.17) is 5.10 Å². The Hall–Kier alpha value is -4.03. The molecule has 10 heteroatoms. The summed E-state index contributed by atoms with van der Waals surface area (Å²) in [5.41, 5.74) is 4.65. The van der Waals surface area contributed by atoms with Crippen molar-refractivity contribution in [2.75, 3.05) is 0 Å². The number of para-hydroxylation sites is 1. The largest absolute Gasteiger partial charge is 0.293 e. The maximum Gasteiger partial charge on any atom is 0.293 e. The van der Waals surface area contributed by atoms with Crippen LogP contribution < -0.4 is 0 Å². The minimum atomic E-state index is -0.365. The van der Waals surface area contributed by atoms with E-state index in [2.05, 4.69) is 32.9 Å². The minimum absolute atomic E-state index is 0.0429. The van der Waals surface area contributed by atoms with Gasteiger partial charge in [-0.1, -0.05) is 53.7 Å². The fraction of sp³-hybridized carbons (Fsp3) is 0.0357. The molecule has 1 aliphatic heterocycles. The molecular weight excluding hydrogens is 611 g/mol. The number of hydrogen-bond donors (Lipinski definition) is 0. The predicted octanol–water partition coefficient (Wildman–Crippen LogP) is 5.96. The van der Waals surface area contributed by atoms with Crippen LogP contribution in [0.2, 0.25) is 0 Å². The van der Waals surface area contributed by atoms with Crippen LogP contribution in [-0.4, -0.2) is 40.8 Å². The molecule has 0 atom stereocenters. The van der Waals surface area contributed by atoms with E-state index in [0.29, 0.717) is 10.6 Å². The Kier molecular flexibility index (Phi) is 6.64. The fourth-order valence-corrected chi connectivity index (χ4v) is 5.25. The smallest absolute Gasteiger partial charge is 0.268 e. The van der Waals surface area contributed by atoms with E-state index < -0.39 is 0 Å². The highest BCUT2D eigenvalue weighted by Crippen LogP contribution is 2.35. The van der Waals surface area contributed by atoms with Gasteiger partial charge in [-0.2, -0.15) is 5.10 Å². The Morgan fingerprint density at radius 2 is 1.50 bits per heavy atom. The van der Waals surface area contributed by atoms with Crippen molar-refractivity contribution in [1.29, 1.82) is 0 Å². The summed E-state index contributed by atoms with van der Waals surface area (Å²) >= 11 is 3.15. The SMILES string of the molecule is O=C1S/C(=C\c2cn(-c3ccccc3)nc2-c2ccccc2)C(=O)N1Cc1cn(-c2ccc(I)cc2)nn1. The third kappa shape index (κ3) is 4.92. The van der Waals surface area contributed by atoms with Gasteiger partial charge in [0.05, 0.1) is 34.7 Å². The summed E-state index contributed by atoms with van der Waals surface area (Å²) < 4.78 is 4.52. The number of carbonyl (C=O) groups is 2. The number of hydrogen-bond acceptors (Lipinski definition) is 6. The Labute approximate surface area is 236 Å². The van der Waals surface area contributed by atoms with Gasteiger partial charge in [-0.3, -0.25) is 14.5 Å². The highest BCUT2D eigenvalue weighted by atomic mass is 127. The molecule has 2 amide bonds. The summed E-state index contributed by atoms with van der Waals surface area (Å²) in [5, 5.41) is 12.8. The molecular formula is C28H19IN6O2S. The Bertz CT molecular complexity index is 1660. The first-order valence-corrected chi connectivity index (χ1v) is 13.6. The summed E-state index contributed by atoms with van der Waals surface area (Å²) in [6, 6.07) is 27.3. The van der Waals surface area contributed by atoms with Crippen LogP contribution >= 0.6 is 34.4 Å². The first kappa shape index (κ1) is 24.3. The molecule has 0 spiro atoms. The highest BCUT2D eigenvalue weighted by molar-refractivity contribution is 14.1. The fourth-order valence-electron chi connectivity index (χ4n) is 4.06. The second-order valence-electron chi connectivity index (χ2n) is 8.48. The lowest BCUT2D eigenvalue weighted by Gasteiger charge is -2.09. The van der Waals surface area contributed by atoms with Crippen molar-refractivity contribution in [3.63, 3.8) is 0 Å². The maximum absolute atomic E-state index is 13.3. The van der Waals surface area contributed by atoms with Gasteiger partial charge >= 0.3 is 0 Å². The van der Waals surface area contributed by atoms with Crippen LogP contribution in [0.4, 0.5) is 4.79 Å². The van der Waals surface area contributed by atoms with E-state index in [1.54, 1.807) is 21.6 Å². The van der Waals surface area contributed by atoms with Crippen LogP contribution in [0.15, 0.2) is 102 Å². The number of halogens is 1. The molecule has 0 radical (unpaired) electrons. The Balaban J connectivity index is 1.28. The maximum atomic E-state index is 13.3. The summed E-state index contributed by atoms with van der Waals surface area (Å²) in [7, 11) is 0. The number of thioether (sulfide) groups is 1. The minimum Gasteiger partial charge on any atom is -0.268 e. The van der Waals surface area contributed by atoms with Crippen molar-refractivity contribution < 1.29 is 9.59 Å². The molecule has 186 valence electrons. The van der Waals surface area contributed by atoms with E-state index >= 15 is 0 Å². The molecule has 0 saturated carbocycles. The van der Waals surface area contributed by atoms with Gasteiger partial charge in [0.2, 0.25) is 0 Å². The van der Waals surface area contributed by atoms with Gasteiger partial charge in [0, 0.05) is 20.9 Å². The molecule has 0 unspecified atom stereocenters. The quantitative estimate of drug-likeness (QED) is 0.170. The molecule has 2 aromatic heterocycles. The van der Waals surface area contributed by atoms with Crippen LogP contribution in [0.25, 0.3) is 28.7 Å². The zero-order valence-electron chi connectivity index (χ0n) is 19.8. The van der Waals surface area contributed by atoms with Crippen molar-refractivity contribution in [2.24, 2.45) is 0 Å². The van der Waals surface area contributed by atoms with Gasteiger partial charge in [-0.25, -0.2) is 9.36 Å². The molecule has 1 fully saturated rings. The molecule has 0 N–H and O–H groups in total. The molecule has 0 aliphatic carbocycles. The molecule has 0 bridgehead atoms. The van der Waals surface area contributed by atoms with E-state index in [-0.39, 0.29) is 17.7 Å². The molecule has 1 aliphatic rings. The van der Waals surface area contributed by atoms with Crippen LogP contribution in [0.5, 0.6) is 0 Å². The van der Waals surface area contributed by atoms with Gasteiger partial charge in [0.15, 0.2) is 0 Å². The topological polar surface area (TPSA) is 85.9 Å². The highest BCUT2D eigenvalue weighted by Gasteiger charge is 2.36. The number of imide groups is 1. The van der Waals surface area contributed by atoms with Crippen molar-refractivity contribution in [3.05, 3.63) is 117 Å². The number of benzene rings is 3. The zero-order valence-corrected chi connectivity index (χ0v) is 22.8. The molecule has 1 saturated heterocycles. The number of carbonyl (C=O) groups excluding carboxylic acids is 2. The Morgan fingerprint density at radius 1 is 0.816 bits per heavy atom. The van der Waals surface area contributed by atoms with Gasteiger partial charge in [0.1, 0.15) is 5.69 Å². The summed E-state index contributed by atoms with van der Waals surface area (Å²) in [4.78, 5) is 27.7. The third-order valence-electron chi connectivity index (χ3n) is 5.92. The van der Waals surface area contributed by atoms with Crippen molar-refractivity contribution in [3.8, 4) is 22.6 Å². The standard InChI is InChI=1S/C28H19IN6O2S/c29-21-11-13-24(14-12-21)35-18-22(30-32-35)17-33-27(36)25(38-28(33)37)15-20-16-34(23-9-5-2-6-10-23)31-26(20)19-7-3-1-4-8-19/h1-16,18H,17H2/b25-15-. The summed E-state index contributed by atoms with van der Waals surface area (Å²) in [6.45, 7) is 0.0429. The first-order chi connectivity index (χ1) is 18.5. The first-order valence-electron chi connectivity index (χ1n) is 11.7. The zero-order chi connectivity index (χ0) is 26.1. The normalized spacial score (nSPS) is 14.6. The van der Waals surface area contributed by atoms with Crippen LogP contribution in [0, 0.1) is 3.57 Å². The lowest BCUT2D eigenvalue weighted by molar-refractivity contribution is -0.123. The molecule has 8 nitrogen and oxygen atoms in total. The van der Waals surface area contributed by atoms with Crippen molar-refractivity contribution in [1.82, 2.24) is 29.7 Å². The van der Waals surface area contributed by atoms with Crippen LogP contribution in [0.3, 0.4) is 0 Å². The van der Waals surface area contributed by atoms with E-state index in [0.717, 1.165) is 43.5 Å². The lowest BCUT2D eigenvalue weighted by Crippen LogP contribution is -2.27. The van der Waals surface area contributed by atoms with Gasteiger partial charge in [-0.05, 0) is 76.8 Å². The molecule has 38 heavy (non-hydrogen) atoms. The van der Waals surface area contributed by atoms with Crippen LogP contribution in [-0.2, 0) is 11.3 Å². The van der Waals surface area contributed by atoms with Crippen molar-refractivity contribution in [2.45, 2.75) is 6.54 Å². The van der Waals surface area contributed by atoms with Crippen molar-refractivity contribution >= 4 is 51.6 Å². The number of nitrogens with zero attached hydrogens (tertiary/aromatic N) is 6. The molecule has 3 heterocycles. The van der Waals surface area contributed by atoms with E-state index in [9.17, 15) is 9.59 Å². The monoisotopic (exact) mass is 630 g/mol. The van der Waals surface area contributed by atoms with Crippen LogP contribution in [0.1, 0.15) is 11.3 Å². The number of rotatable bonds is 6. The average Bonchev–Trinajstić information content (AvgIpc) is 3.65. The van der Waals surface area contributed by atoms with E-state index in [1.807, 2.05) is 91.1 Å².